The molecule has 1 heterocycles. The zero-order valence-corrected chi connectivity index (χ0v) is 14.5. The summed E-state index contributed by atoms with van der Waals surface area (Å²) in [5.74, 6) is 0.0257. The average molecular weight is 333 g/mol. The van der Waals surface area contributed by atoms with Crippen molar-refractivity contribution in [2.75, 3.05) is 32.1 Å². The predicted octanol–water partition coefficient (Wildman–Crippen LogP) is 2.01. The molecule has 0 aromatic heterocycles. The number of carbonyl (C=O) groups is 2. The Kier molecular flexibility index (Phi) is 7.06. The Labute approximate surface area is 143 Å². The third-order valence-corrected chi connectivity index (χ3v) is 4.25. The lowest BCUT2D eigenvalue weighted by Crippen LogP contribution is -2.33. The molecule has 132 valence electrons. The van der Waals surface area contributed by atoms with E-state index in [2.05, 4.69) is 22.6 Å². The van der Waals surface area contributed by atoms with Crippen LogP contribution in [0.1, 0.15) is 32.6 Å². The number of para-hydroxylation sites is 2. The van der Waals surface area contributed by atoms with Crippen molar-refractivity contribution in [2.45, 2.75) is 38.6 Å². The minimum atomic E-state index is -0.336. The van der Waals surface area contributed by atoms with Crippen LogP contribution < -0.4 is 15.4 Å². The number of hydrogen-bond donors (Lipinski definition) is 2. The molecule has 0 aliphatic carbocycles. The molecular formula is C18H27N3O3. The van der Waals surface area contributed by atoms with Gasteiger partial charge in [0.2, 0.25) is 11.8 Å². The maximum absolute atomic E-state index is 12.0. The molecule has 1 aromatic rings. The first kappa shape index (κ1) is 18.3. The van der Waals surface area contributed by atoms with Crippen molar-refractivity contribution < 1.29 is 14.3 Å². The van der Waals surface area contributed by atoms with E-state index in [9.17, 15) is 9.59 Å². The first-order valence-corrected chi connectivity index (χ1v) is 8.58. The van der Waals surface area contributed by atoms with Crippen molar-refractivity contribution in [1.29, 1.82) is 0 Å². The van der Waals surface area contributed by atoms with E-state index in [-0.39, 0.29) is 18.2 Å². The third kappa shape index (κ3) is 5.53. The molecule has 6 heteroatoms. The van der Waals surface area contributed by atoms with E-state index in [1.165, 1.54) is 12.8 Å². The van der Waals surface area contributed by atoms with E-state index < -0.39 is 0 Å². The Morgan fingerprint density at radius 3 is 2.79 bits per heavy atom. The first-order chi connectivity index (χ1) is 11.6. The fourth-order valence-corrected chi connectivity index (χ4v) is 2.98. The number of anilines is 1. The smallest absolute Gasteiger partial charge is 0.233 e. The number of likely N-dealkylation sites (tertiary alicyclic amines) is 1. The number of ether oxygens (including phenoxy) is 1. The number of hydrogen-bond acceptors (Lipinski definition) is 4. The summed E-state index contributed by atoms with van der Waals surface area (Å²) in [4.78, 5) is 26.2. The van der Waals surface area contributed by atoms with Gasteiger partial charge in [0, 0.05) is 12.6 Å². The van der Waals surface area contributed by atoms with Gasteiger partial charge in [-0.1, -0.05) is 12.1 Å². The fraction of sp³-hybridized carbons (Fsp3) is 0.556. The van der Waals surface area contributed by atoms with Gasteiger partial charge in [-0.15, -0.1) is 0 Å². The van der Waals surface area contributed by atoms with E-state index >= 15 is 0 Å². The van der Waals surface area contributed by atoms with Gasteiger partial charge in [0.25, 0.3) is 0 Å². The summed E-state index contributed by atoms with van der Waals surface area (Å²) in [6, 6.07) is 7.75. The van der Waals surface area contributed by atoms with Crippen molar-refractivity contribution in [1.82, 2.24) is 10.2 Å². The number of benzene rings is 1. The van der Waals surface area contributed by atoms with Crippen LogP contribution in [0.5, 0.6) is 5.75 Å². The van der Waals surface area contributed by atoms with E-state index in [1.54, 1.807) is 12.1 Å². The number of carbonyl (C=O) groups excluding carboxylic acids is 2. The van der Waals surface area contributed by atoms with Crippen molar-refractivity contribution in [3.63, 3.8) is 0 Å². The first-order valence-electron chi connectivity index (χ1n) is 8.58. The molecule has 0 spiro atoms. The molecule has 0 bridgehead atoms. The quantitative estimate of drug-likeness (QED) is 0.714. The molecule has 6 nitrogen and oxygen atoms in total. The third-order valence-electron chi connectivity index (χ3n) is 4.25. The Bertz CT molecular complexity index is 562. The Balaban J connectivity index is 1.72. The summed E-state index contributed by atoms with van der Waals surface area (Å²) in [5, 5.41) is 5.56. The normalized spacial score (nSPS) is 17.5. The predicted molar refractivity (Wildman–Crippen MR) is 94.1 cm³/mol. The second kappa shape index (κ2) is 9.27. The molecule has 1 aliphatic rings. The summed E-state index contributed by atoms with van der Waals surface area (Å²) in [5.41, 5.74) is 0.588. The highest BCUT2D eigenvalue weighted by molar-refractivity contribution is 6.04. The van der Waals surface area contributed by atoms with Crippen LogP contribution in [0.2, 0.25) is 0 Å². The molecule has 2 N–H and O–H groups in total. The van der Waals surface area contributed by atoms with Gasteiger partial charge in [0.15, 0.2) is 0 Å². The van der Waals surface area contributed by atoms with Crippen LogP contribution in [0, 0.1) is 0 Å². The Hall–Kier alpha value is -2.08. The highest BCUT2D eigenvalue weighted by Gasteiger charge is 2.20. The zero-order valence-electron chi connectivity index (χ0n) is 14.5. The highest BCUT2D eigenvalue weighted by Crippen LogP contribution is 2.23. The fourth-order valence-electron chi connectivity index (χ4n) is 2.98. The second-order valence-corrected chi connectivity index (χ2v) is 6.07. The molecule has 1 aromatic carbocycles. The average Bonchev–Trinajstić information content (AvgIpc) is 2.95. The lowest BCUT2D eigenvalue weighted by molar-refractivity contribution is -0.126. The topological polar surface area (TPSA) is 70.7 Å². The summed E-state index contributed by atoms with van der Waals surface area (Å²) in [6.07, 6.45) is 3.15. The molecule has 1 aliphatic heterocycles. The molecule has 24 heavy (non-hydrogen) atoms. The van der Waals surface area contributed by atoms with Crippen LogP contribution in [0.3, 0.4) is 0 Å². The highest BCUT2D eigenvalue weighted by atomic mass is 16.5. The zero-order chi connectivity index (χ0) is 17.4. The van der Waals surface area contributed by atoms with Crippen LogP contribution in [0.25, 0.3) is 0 Å². The second-order valence-electron chi connectivity index (χ2n) is 6.07. The van der Waals surface area contributed by atoms with Crippen LogP contribution in [0.4, 0.5) is 5.69 Å². The molecule has 1 fully saturated rings. The molecular weight excluding hydrogens is 306 g/mol. The number of rotatable bonds is 8. The van der Waals surface area contributed by atoms with Crippen LogP contribution in [0.15, 0.2) is 24.3 Å². The maximum Gasteiger partial charge on any atom is 0.233 e. The maximum atomic E-state index is 12.0. The van der Waals surface area contributed by atoms with Gasteiger partial charge in [-0.3, -0.25) is 9.59 Å². The molecule has 1 saturated heterocycles. The minimum Gasteiger partial charge on any atom is -0.492 e. The molecule has 2 rings (SSSR count). The number of nitrogens with zero attached hydrogens (tertiary/aromatic N) is 1. The van der Waals surface area contributed by atoms with Crippen molar-refractivity contribution in [3.8, 4) is 5.75 Å². The van der Waals surface area contributed by atoms with Crippen LogP contribution in [-0.4, -0.2) is 49.5 Å². The number of nitrogens with one attached hydrogen (secondary N) is 2. The van der Waals surface area contributed by atoms with E-state index in [0.29, 0.717) is 30.6 Å². The minimum absolute atomic E-state index is 0.180. The van der Waals surface area contributed by atoms with Gasteiger partial charge in [0.1, 0.15) is 12.2 Å². The van der Waals surface area contributed by atoms with E-state index in [1.807, 2.05) is 19.1 Å². The Morgan fingerprint density at radius 1 is 1.29 bits per heavy atom. The summed E-state index contributed by atoms with van der Waals surface area (Å²) >= 11 is 0. The van der Waals surface area contributed by atoms with Gasteiger partial charge < -0.3 is 20.3 Å². The molecule has 0 saturated carbocycles. The molecule has 0 radical (unpaired) electrons. The molecule has 2 amide bonds. The lowest BCUT2D eigenvalue weighted by atomic mass is 10.1. The van der Waals surface area contributed by atoms with Crippen molar-refractivity contribution in [2.24, 2.45) is 0 Å². The van der Waals surface area contributed by atoms with Crippen molar-refractivity contribution >= 4 is 17.5 Å². The van der Waals surface area contributed by atoms with Gasteiger partial charge in [0.05, 0.1) is 12.3 Å². The number of amides is 2. The van der Waals surface area contributed by atoms with Gasteiger partial charge >= 0.3 is 0 Å². The Morgan fingerprint density at radius 2 is 2.08 bits per heavy atom. The summed E-state index contributed by atoms with van der Waals surface area (Å²) < 4.78 is 5.45. The van der Waals surface area contributed by atoms with E-state index in [4.69, 9.17) is 4.74 Å². The summed E-state index contributed by atoms with van der Waals surface area (Å²) in [6.45, 7) is 4.13. The molecule has 1 atom stereocenters. The lowest BCUT2D eigenvalue weighted by Gasteiger charge is -2.19. The van der Waals surface area contributed by atoms with Gasteiger partial charge in [-0.05, 0) is 51.9 Å². The van der Waals surface area contributed by atoms with Gasteiger partial charge in [-0.25, -0.2) is 0 Å². The summed E-state index contributed by atoms with van der Waals surface area (Å²) in [7, 11) is 2.11. The largest absolute Gasteiger partial charge is 0.492 e. The standard InChI is InChI=1S/C18H27N3O3/c1-3-24-16-9-5-4-8-15(16)20-18(23)13-17(22)19-11-10-14-7-6-12-21(14)2/h4-5,8-9,14H,3,6-7,10-13H2,1-2H3,(H,19,22)(H,20,23). The van der Waals surface area contributed by atoms with Crippen molar-refractivity contribution in [3.05, 3.63) is 24.3 Å². The monoisotopic (exact) mass is 333 g/mol. The van der Waals surface area contributed by atoms with Gasteiger partial charge in [-0.2, -0.15) is 0 Å². The molecule has 1 unspecified atom stereocenters. The SMILES string of the molecule is CCOc1ccccc1NC(=O)CC(=O)NCCC1CCCN1C. The van der Waals surface area contributed by atoms with Crippen LogP contribution in [-0.2, 0) is 9.59 Å². The van der Waals surface area contributed by atoms with Crippen LogP contribution >= 0.6 is 0 Å². The van der Waals surface area contributed by atoms with E-state index in [0.717, 1.165) is 13.0 Å².